The molecule has 0 aromatic carbocycles. The van der Waals surface area contributed by atoms with Gasteiger partial charge in [0.2, 0.25) is 5.95 Å². The van der Waals surface area contributed by atoms with Crippen molar-refractivity contribution < 1.29 is 0 Å². The average Bonchev–Trinajstić information content (AvgIpc) is 2.30. The molecule has 0 amide bonds. The summed E-state index contributed by atoms with van der Waals surface area (Å²) in [5.41, 5.74) is 1.11. The Labute approximate surface area is 110 Å². The van der Waals surface area contributed by atoms with Crippen LogP contribution in [-0.2, 0) is 0 Å². The summed E-state index contributed by atoms with van der Waals surface area (Å²) in [6.45, 7) is 6.74. The first kappa shape index (κ1) is 13.1. The molecule has 1 fully saturated rings. The first-order valence-electron chi connectivity index (χ1n) is 6.86. The van der Waals surface area contributed by atoms with Crippen LogP contribution in [0.25, 0.3) is 0 Å². The summed E-state index contributed by atoms with van der Waals surface area (Å²) in [6.07, 6.45) is 5.70. The van der Waals surface area contributed by atoms with E-state index < -0.39 is 0 Å². The predicted molar refractivity (Wildman–Crippen MR) is 75.9 cm³/mol. The van der Waals surface area contributed by atoms with Crippen LogP contribution >= 0.6 is 0 Å². The Morgan fingerprint density at radius 2 is 1.83 bits per heavy atom. The van der Waals surface area contributed by atoms with Crippen LogP contribution in [0.2, 0.25) is 0 Å². The molecule has 100 valence electrons. The van der Waals surface area contributed by atoms with Crippen molar-refractivity contribution in [3.05, 3.63) is 11.8 Å². The van der Waals surface area contributed by atoms with E-state index in [0.29, 0.717) is 12.0 Å². The lowest BCUT2D eigenvalue weighted by atomic mass is 9.80. The number of hydrogen-bond donors (Lipinski definition) is 2. The normalized spacial score (nSPS) is 27.9. The Hall–Kier alpha value is -1.32. The number of aryl methyl sites for hydroxylation is 1. The van der Waals surface area contributed by atoms with Gasteiger partial charge in [0.05, 0.1) is 0 Å². The maximum atomic E-state index is 4.50. The van der Waals surface area contributed by atoms with Crippen LogP contribution in [0.5, 0.6) is 0 Å². The number of hydrogen-bond acceptors (Lipinski definition) is 4. The molecule has 1 aliphatic rings. The molecule has 0 spiro atoms. The van der Waals surface area contributed by atoms with Crippen LogP contribution in [0.1, 0.15) is 38.7 Å². The molecule has 0 radical (unpaired) electrons. The Morgan fingerprint density at radius 1 is 1.17 bits per heavy atom. The van der Waals surface area contributed by atoms with E-state index >= 15 is 0 Å². The van der Waals surface area contributed by atoms with Crippen LogP contribution in [0.3, 0.4) is 0 Å². The summed E-state index contributed by atoms with van der Waals surface area (Å²) >= 11 is 0. The molecular formula is C14H24N4. The first-order chi connectivity index (χ1) is 8.58. The highest BCUT2D eigenvalue weighted by molar-refractivity contribution is 5.47. The van der Waals surface area contributed by atoms with E-state index in [4.69, 9.17) is 0 Å². The number of rotatable bonds is 3. The second-order valence-electron chi connectivity index (χ2n) is 5.73. The van der Waals surface area contributed by atoms with Gasteiger partial charge in [-0.3, -0.25) is 0 Å². The van der Waals surface area contributed by atoms with E-state index in [1.54, 1.807) is 0 Å². The third-order valence-electron chi connectivity index (χ3n) is 3.71. The van der Waals surface area contributed by atoms with Crippen LogP contribution < -0.4 is 10.6 Å². The predicted octanol–water partition coefficient (Wildman–Crippen LogP) is 3.06. The first-order valence-corrected chi connectivity index (χ1v) is 6.86. The van der Waals surface area contributed by atoms with Gasteiger partial charge in [-0.15, -0.1) is 0 Å². The molecule has 4 nitrogen and oxygen atoms in total. The van der Waals surface area contributed by atoms with Crippen molar-refractivity contribution in [1.82, 2.24) is 9.97 Å². The molecule has 1 aliphatic carbocycles. The SMILES string of the molecule is CNc1ncc(C)c(NC2CC(C)CC(C)C2)n1. The van der Waals surface area contributed by atoms with Crippen LogP contribution in [0.15, 0.2) is 6.20 Å². The van der Waals surface area contributed by atoms with Crippen LogP contribution in [0, 0.1) is 18.8 Å². The number of aromatic nitrogens is 2. The molecule has 4 heteroatoms. The quantitative estimate of drug-likeness (QED) is 0.863. The lowest BCUT2D eigenvalue weighted by Crippen LogP contribution is -2.30. The standard InChI is InChI=1S/C14H24N4/c1-9-5-10(2)7-12(6-9)17-13-11(3)8-16-14(15-4)18-13/h8-10,12H,5-7H2,1-4H3,(H2,15,16,17,18). The highest BCUT2D eigenvalue weighted by atomic mass is 15.1. The Kier molecular flexibility index (Phi) is 4.04. The van der Waals surface area contributed by atoms with Gasteiger partial charge in [0.25, 0.3) is 0 Å². The highest BCUT2D eigenvalue weighted by Gasteiger charge is 2.24. The molecule has 0 saturated heterocycles. The van der Waals surface area contributed by atoms with E-state index in [2.05, 4.69) is 41.4 Å². The summed E-state index contributed by atoms with van der Waals surface area (Å²) in [4.78, 5) is 8.72. The third kappa shape index (κ3) is 3.12. The smallest absolute Gasteiger partial charge is 0.224 e. The van der Waals surface area contributed by atoms with Gasteiger partial charge in [0.15, 0.2) is 0 Å². The zero-order chi connectivity index (χ0) is 13.1. The van der Waals surface area contributed by atoms with Gasteiger partial charge in [0, 0.05) is 24.8 Å². The third-order valence-corrected chi connectivity index (χ3v) is 3.71. The number of nitrogens with zero attached hydrogens (tertiary/aromatic N) is 2. The van der Waals surface area contributed by atoms with Gasteiger partial charge in [-0.2, -0.15) is 4.98 Å². The second kappa shape index (κ2) is 5.55. The van der Waals surface area contributed by atoms with Crippen molar-refractivity contribution in [3.8, 4) is 0 Å². The van der Waals surface area contributed by atoms with Crippen molar-refractivity contribution in [2.24, 2.45) is 11.8 Å². The maximum absolute atomic E-state index is 4.50. The molecule has 18 heavy (non-hydrogen) atoms. The van der Waals surface area contributed by atoms with Crippen molar-refractivity contribution in [1.29, 1.82) is 0 Å². The van der Waals surface area contributed by atoms with Gasteiger partial charge >= 0.3 is 0 Å². The lowest BCUT2D eigenvalue weighted by Gasteiger charge is -2.32. The molecule has 1 aromatic rings. The summed E-state index contributed by atoms with van der Waals surface area (Å²) in [6, 6.07) is 0.544. The van der Waals surface area contributed by atoms with Crippen molar-refractivity contribution >= 4 is 11.8 Å². The zero-order valence-corrected chi connectivity index (χ0v) is 11.8. The monoisotopic (exact) mass is 248 g/mol. The van der Waals surface area contributed by atoms with Gasteiger partial charge in [-0.1, -0.05) is 13.8 Å². The van der Waals surface area contributed by atoms with Crippen molar-refractivity contribution in [3.63, 3.8) is 0 Å². The van der Waals surface area contributed by atoms with Crippen molar-refractivity contribution in [2.45, 2.75) is 46.1 Å². The Balaban J connectivity index is 2.08. The molecule has 2 rings (SSSR count). The summed E-state index contributed by atoms with van der Waals surface area (Å²) in [5, 5.41) is 6.58. The van der Waals surface area contributed by atoms with E-state index in [1.165, 1.54) is 19.3 Å². The van der Waals surface area contributed by atoms with Crippen molar-refractivity contribution in [2.75, 3.05) is 17.7 Å². The van der Waals surface area contributed by atoms with E-state index in [1.807, 2.05) is 13.2 Å². The van der Waals surface area contributed by atoms with Crippen LogP contribution in [0.4, 0.5) is 11.8 Å². The Bertz CT molecular complexity index is 395. The second-order valence-corrected chi connectivity index (χ2v) is 5.73. The highest BCUT2D eigenvalue weighted by Crippen LogP contribution is 2.30. The van der Waals surface area contributed by atoms with Gasteiger partial charge in [0.1, 0.15) is 5.82 Å². The minimum absolute atomic E-state index is 0.544. The largest absolute Gasteiger partial charge is 0.367 e. The molecule has 0 bridgehead atoms. The molecule has 1 aromatic heterocycles. The van der Waals surface area contributed by atoms with Gasteiger partial charge < -0.3 is 10.6 Å². The van der Waals surface area contributed by atoms with E-state index in [9.17, 15) is 0 Å². The van der Waals surface area contributed by atoms with Crippen LogP contribution in [-0.4, -0.2) is 23.1 Å². The molecule has 2 unspecified atom stereocenters. The summed E-state index contributed by atoms with van der Waals surface area (Å²) < 4.78 is 0. The molecule has 2 atom stereocenters. The summed E-state index contributed by atoms with van der Waals surface area (Å²) in [5.74, 6) is 3.26. The van der Waals surface area contributed by atoms with Gasteiger partial charge in [-0.25, -0.2) is 4.98 Å². The van der Waals surface area contributed by atoms with E-state index in [-0.39, 0.29) is 0 Å². The maximum Gasteiger partial charge on any atom is 0.224 e. The fourth-order valence-electron chi connectivity index (χ4n) is 2.97. The molecule has 2 N–H and O–H groups in total. The lowest BCUT2D eigenvalue weighted by molar-refractivity contribution is 0.280. The Morgan fingerprint density at radius 3 is 2.44 bits per heavy atom. The molecular weight excluding hydrogens is 224 g/mol. The zero-order valence-electron chi connectivity index (χ0n) is 11.8. The molecule has 1 heterocycles. The fraction of sp³-hybridized carbons (Fsp3) is 0.714. The van der Waals surface area contributed by atoms with Gasteiger partial charge in [-0.05, 0) is 38.0 Å². The number of nitrogens with one attached hydrogen (secondary N) is 2. The molecule has 1 saturated carbocycles. The minimum Gasteiger partial charge on any atom is -0.367 e. The number of anilines is 2. The minimum atomic E-state index is 0.544. The topological polar surface area (TPSA) is 49.8 Å². The van der Waals surface area contributed by atoms with E-state index in [0.717, 1.165) is 23.2 Å². The summed E-state index contributed by atoms with van der Waals surface area (Å²) in [7, 11) is 1.85. The average molecular weight is 248 g/mol. The molecule has 0 aliphatic heterocycles. The fourth-order valence-corrected chi connectivity index (χ4v) is 2.97.